The molecule has 0 aliphatic rings. The van der Waals surface area contributed by atoms with Crippen LogP contribution < -0.4 is 5.32 Å². The number of esters is 1. The number of aromatic carboxylic acids is 1. The van der Waals surface area contributed by atoms with Gasteiger partial charge in [0.15, 0.2) is 18.1 Å². The second-order valence-electron chi connectivity index (χ2n) is 5.71. The van der Waals surface area contributed by atoms with Crippen molar-refractivity contribution >= 4 is 34.6 Å². The predicted molar refractivity (Wildman–Crippen MR) is 95.5 cm³/mol. The van der Waals surface area contributed by atoms with Crippen molar-refractivity contribution in [1.29, 1.82) is 0 Å². The number of ether oxygens (including phenoxy) is 1. The fraction of sp³-hybridized carbons (Fsp3) is 0.158. The van der Waals surface area contributed by atoms with Crippen LogP contribution in [-0.2, 0) is 9.53 Å². The average Bonchev–Trinajstić information content (AvgIpc) is 3.13. The Hall–Kier alpha value is -3.68. The van der Waals surface area contributed by atoms with E-state index < -0.39 is 23.9 Å². The van der Waals surface area contributed by atoms with E-state index in [4.69, 9.17) is 14.3 Å². The molecule has 0 bridgehead atoms. The van der Waals surface area contributed by atoms with E-state index in [9.17, 15) is 14.4 Å². The summed E-state index contributed by atoms with van der Waals surface area (Å²) in [5.41, 5.74) is 1.62. The summed E-state index contributed by atoms with van der Waals surface area (Å²) in [6.45, 7) is 1.70. The first-order chi connectivity index (χ1) is 13.0. The second kappa shape index (κ2) is 7.69. The Morgan fingerprint density at radius 1 is 1.19 bits per heavy atom. The summed E-state index contributed by atoms with van der Waals surface area (Å²) in [6.07, 6.45) is 0.491. The first-order valence-electron chi connectivity index (χ1n) is 8.16. The number of fused-ring (bicyclic) bond motifs is 1. The lowest BCUT2D eigenvalue weighted by Crippen LogP contribution is -2.32. The third kappa shape index (κ3) is 4.12. The molecule has 1 amide bonds. The summed E-state index contributed by atoms with van der Waals surface area (Å²) in [6, 6.07) is 10.4. The van der Waals surface area contributed by atoms with Crippen molar-refractivity contribution in [3.05, 3.63) is 60.0 Å². The highest BCUT2D eigenvalue weighted by atomic mass is 16.5. The number of carbonyl (C=O) groups excluding carboxylic acids is 2. The molecule has 0 fully saturated rings. The van der Waals surface area contributed by atoms with E-state index in [1.807, 2.05) is 0 Å². The fourth-order valence-electron chi connectivity index (χ4n) is 2.45. The SMILES string of the molecule is CCC(OC(=O)c1ccc2ncoc2c1)C(=O)Nc1cccc(C(=O)O)c1. The molecule has 1 heterocycles. The van der Waals surface area contributed by atoms with Crippen molar-refractivity contribution in [3.8, 4) is 0 Å². The molecule has 8 nitrogen and oxygen atoms in total. The molecule has 27 heavy (non-hydrogen) atoms. The number of amides is 1. The van der Waals surface area contributed by atoms with Gasteiger partial charge in [0.2, 0.25) is 0 Å². The fourth-order valence-corrected chi connectivity index (χ4v) is 2.45. The van der Waals surface area contributed by atoms with Gasteiger partial charge in [0.25, 0.3) is 5.91 Å². The lowest BCUT2D eigenvalue weighted by Gasteiger charge is -2.16. The summed E-state index contributed by atoms with van der Waals surface area (Å²) >= 11 is 0. The van der Waals surface area contributed by atoms with Crippen LogP contribution in [0.5, 0.6) is 0 Å². The van der Waals surface area contributed by atoms with Gasteiger partial charge in [-0.25, -0.2) is 14.6 Å². The molecule has 0 aliphatic heterocycles. The molecule has 2 N–H and O–H groups in total. The van der Waals surface area contributed by atoms with Crippen LogP contribution >= 0.6 is 0 Å². The van der Waals surface area contributed by atoms with Crippen molar-refractivity contribution in [2.45, 2.75) is 19.4 Å². The Morgan fingerprint density at radius 3 is 2.74 bits per heavy atom. The molecule has 3 aromatic rings. The zero-order valence-corrected chi connectivity index (χ0v) is 14.3. The van der Waals surface area contributed by atoms with E-state index in [0.29, 0.717) is 16.8 Å². The summed E-state index contributed by atoms with van der Waals surface area (Å²) in [4.78, 5) is 39.7. The lowest BCUT2D eigenvalue weighted by molar-refractivity contribution is -0.124. The number of carboxylic acid groups (broad SMARTS) is 1. The average molecular weight is 368 g/mol. The maximum absolute atomic E-state index is 12.4. The first-order valence-corrected chi connectivity index (χ1v) is 8.16. The van der Waals surface area contributed by atoms with Gasteiger partial charge in [0, 0.05) is 5.69 Å². The summed E-state index contributed by atoms with van der Waals surface area (Å²) in [5, 5.41) is 11.6. The van der Waals surface area contributed by atoms with E-state index in [2.05, 4.69) is 10.3 Å². The summed E-state index contributed by atoms with van der Waals surface area (Å²) in [7, 11) is 0. The van der Waals surface area contributed by atoms with Crippen molar-refractivity contribution in [2.24, 2.45) is 0 Å². The third-order valence-corrected chi connectivity index (χ3v) is 3.86. The molecule has 0 saturated carbocycles. The Bertz CT molecular complexity index is 1010. The van der Waals surface area contributed by atoms with Crippen LogP contribution in [0.2, 0.25) is 0 Å². The van der Waals surface area contributed by atoms with Crippen LogP contribution in [0.1, 0.15) is 34.1 Å². The molecule has 0 radical (unpaired) electrons. The highest BCUT2D eigenvalue weighted by Crippen LogP contribution is 2.17. The van der Waals surface area contributed by atoms with Crippen molar-refractivity contribution in [1.82, 2.24) is 4.98 Å². The summed E-state index contributed by atoms with van der Waals surface area (Å²) < 4.78 is 10.4. The molecule has 1 aromatic heterocycles. The molecule has 1 unspecified atom stereocenters. The molecule has 2 aromatic carbocycles. The third-order valence-electron chi connectivity index (χ3n) is 3.86. The Labute approximate surface area is 153 Å². The molecule has 138 valence electrons. The highest BCUT2D eigenvalue weighted by Gasteiger charge is 2.23. The Morgan fingerprint density at radius 2 is 2.00 bits per heavy atom. The number of hydrogen-bond acceptors (Lipinski definition) is 6. The largest absolute Gasteiger partial charge is 0.478 e. The van der Waals surface area contributed by atoms with Crippen molar-refractivity contribution < 1.29 is 28.6 Å². The molecular formula is C19H16N2O6. The topological polar surface area (TPSA) is 119 Å². The second-order valence-corrected chi connectivity index (χ2v) is 5.71. The zero-order valence-electron chi connectivity index (χ0n) is 14.3. The number of carboxylic acids is 1. The molecule has 0 aliphatic carbocycles. The van der Waals surface area contributed by atoms with Gasteiger partial charge in [-0.05, 0) is 42.8 Å². The van der Waals surface area contributed by atoms with E-state index in [-0.39, 0.29) is 17.5 Å². The van der Waals surface area contributed by atoms with Crippen LogP contribution in [0.15, 0.2) is 53.3 Å². The van der Waals surface area contributed by atoms with Crippen molar-refractivity contribution in [2.75, 3.05) is 5.32 Å². The maximum atomic E-state index is 12.4. The number of nitrogens with one attached hydrogen (secondary N) is 1. The molecule has 3 rings (SSSR count). The van der Waals surface area contributed by atoms with Crippen LogP contribution in [0.25, 0.3) is 11.1 Å². The number of benzene rings is 2. The van der Waals surface area contributed by atoms with Gasteiger partial charge in [-0.15, -0.1) is 0 Å². The van der Waals surface area contributed by atoms with Gasteiger partial charge in [-0.1, -0.05) is 13.0 Å². The number of oxazole rings is 1. The van der Waals surface area contributed by atoms with Crippen LogP contribution in [0.4, 0.5) is 5.69 Å². The minimum absolute atomic E-state index is 0.0400. The normalized spacial score (nSPS) is 11.7. The Kier molecular flexibility index (Phi) is 5.16. The quantitative estimate of drug-likeness (QED) is 0.642. The monoisotopic (exact) mass is 368 g/mol. The van der Waals surface area contributed by atoms with Crippen LogP contribution in [0, 0.1) is 0 Å². The predicted octanol–water partition coefficient (Wildman–Crippen LogP) is 3.10. The number of rotatable bonds is 6. The minimum Gasteiger partial charge on any atom is -0.478 e. The van der Waals surface area contributed by atoms with Gasteiger partial charge >= 0.3 is 11.9 Å². The smallest absolute Gasteiger partial charge is 0.339 e. The standard InChI is InChI=1S/C19H16N2O6/c1-2-15(17(22)21-13-5-3-4-11(8-13)18(23)24)27-19(25)12-6-7-14-16(9-12)26-10-20-14/h3-10,15H,2H2,1H3,(H,21,22)(H,23,24). The van der Waals surface area contributed by atoms with Crippen molar-refractivity contribution in [3.63, 3.8) is 0 Å². The first kappa shape index (κ1) is 18.1. The van der Waals surface area contributed by atoms with Gasteiger partial charge < -0.3 is 19.6 Å². The summed E-state index contributed by atoms with van der Waals surface area (Å²) in [5.74, 6) is -2.32. The van der Waals surface area contributed by atoms with E-state index >= 15 is 0 Å². The van der Waals surface area contributed by atoms with Gasteiger partial charge in [-0.2, -0.15) is 0 Å². The van der Waals surface area contributed by atoms with Gasteiger partial charge in [0.05, 0.1) is 11.1 Å². The van der Waals surface area contributed by atoms with Crippen LogP contribution in [0.3, 0.4) is 0 Å². The number of hydrogen-bond donors (Lipinski definition) is 2. The van der Waals surface area contributed by atoms with Gasteiger partial charge in [-0.3, -0.25) is 4.79 Å². The van der Waals surface area contributed by atoms with E-state index in [1.54, 1.807) is 19.1 Å². The Balaban J connectivity index is 1.70. The zero-order chi connectivity index (χ0) is 19.4. The van der Waals surface area contributed by atoms with E-state index in [0.717, 1.165) is 0 Å². The molecular weight excluding hydrogens is 352 g/mol. The maximum Gasteiger partial charge on any atom is 0.339 e. The number of aromatic nitrogens is 1. The van der Waals surface area contributed by atoms with Gasteiger partial charge in [0.1, 0.15) is 5.52 Å². The van der Waals surface area contributed by atoms with E-state index in [1.165, 1.54) is 36.7 Å². The molecule has 0 spiro atoms. The lowest BCUT2D eigenvalue weighted by atomic mass is 10.2. The number of nitrogens with zero attached hydrogens (tertiary/aromatic N) is 1. The van der Waals surface area contributed by atoms with Crippen LogP contribution in [-0.4, -0.2) is 34.0 Å². The highest BCUT2D eigenvalue weighted by molar-refractivity contribution is 5.99. The molecule has 0 saturated heterocycles. The minimum atomic E-state index is -1.10. The number of anilines is 1. The molecule has 8 heteroatoms. The molecule has 1 atom stereocenters. The number of carbonyl (C=O) groups is 3.